The lowest BCUT2D eigenvalue weighted by atomic mass is 10.2. The van der Waals surface area contributed by atoms with E-state index in [9.17, 15) is 5.11 Å². The first-order chi connectivity index (χ1) is 5.75. The predicted molar refractivity (Wildman–Crippen MR) is 46.7 cm³/mol. The van der Waals surface area contributed by atoms with Crippen LogP contribution in [0.15, 0.2) is 0 Å². The van der Waals surface area contributed by atoms with Gasteiger partial charge in [-0.05, 0) is 6.42 Å². The number of nitrogens with two attached hydrogens (primary N) is 1. The van der Waals surface area contributed by atoms with Gasteiger partial charge >= 0.3 is 0 Å². The molecule has 0 amide bonds. The van der Waals surface area contributed by atoms with Crippen LogP contribution < -0.4 is 5.73 Å². The molecule has 0 bridgehead atoms. The fraction of sp³-hybridized carbons (Fsp3) is 1.00. The Balaban J connectivity index is 2.33. The lowest BCUT2D eigenvalue weighted by molar-refractivity contribution is -0.0694. The van der Waals surface area contributed by atoms with Crippen molar-refractivity contribution in [2.24, 2.45) is 5.73 Å². The van der Waals surface area contributed by atoms with E-state index < -0.39 is 6.23 Å². The summed E-state index contributed by atoms with van der Waals surface area (Å²) in [5.74, 6) is 0. The molecule has 1 aliphatic heterocycles. The van der Waals surface area contributed by atoms with Crippen molar-refractivity contribution < 1.29 is 9.84 Å². The van der Waals surface area contributed by atoms with Crippen molar-refractivity contribution in [2.45, 2.75) is 25.6 Å². The van der Waals surface area contributed by atoms with E-state index in [1.807, 2.05) is 11.8 Å². The summed E-state index contributed by atoms with van der Waals surface area (Å²) >= 11 is 0. The minimum atomic E-state index is -0.501. The van der Waals surface area contributed by atoms with E-state index >= 15 is 0 Å². The molecule has 0 aromatic rings. The molecule has 12 heavy (non-hydrogen) atoms. The van der Waals surface area contributed by atoms with Gasteiger partial charge in [0, 0.05) is 19.1 Å². The van der Waals surface area contributed by atoms with Crippen molar-refractivity contribution in [3.05, 3.63) is 0 Å². The predicted octanol–water partition coefficient (Wildman–Crippen LogP) is -0.626. The Kier molecular flexibility index (Phi) is 3.94. The van der Waals surface area contributed by atoms with Crippen LogP contribution in [-0.2, 0) is 4.74 Å². The van der Waals surface area contributed by atoms with Gasteiger partial charge < -0.3 is 15.6 Å². The number of nitrogens with zero attached hydrogens (tertiary/aromatic N) is 1. The van der Waals surface area contributed by atoms with Crippen molar-refractivity contribution in [1.29, 1.82) is 0 Å². The molecule has 2 atom stereocenters. The number of hydrogen-bond donors (Lipinski definition) is 2. The second-order valence-electron chi connectivity index (χ2n) is 3.13. The van der Waals surface area contributed by atoms with Gasteiger partial charge in [0.1, 0.15) is 6.23 Å². The fourth-order valence-electron chi connectivity index (χ4n) is 1.32. The summed E-state index contributed by atoms with van der Waals surface area (Å²) in [6.07, 6.45) is 0.303. The van der Waals surface area contributed by atoms with E-state index in [-0.39, 0.29) is 6.04 Å². The van der Waals surface area contributed by atoms with Crippen LogP contribution in [0.2, 0.25) is 0 Å². The monoisotopic (exact) mass is 174 g/mol. The molecule has 4 heteroatoms. The average Bonchev–Trinajstić information content (AvgIpc) is 2.17. The maximum atomic E-state index is 9.69. The van der Waals surface area contributed by atoms with Gasteiger partial charge in [-0.25, -0.2) is 0 Å². The summed E-state index contributed by atoms with van der Waals surface area (Å²) < 4.78 is 5.17. The van der Waals surface area contributed by atoms with Gasteiger partial charge in [-0.2, -0.15) is 0 Å². The summed E-state index contributed by atoms with van der Waals surface area (Å²) in [4.78, 5) is 1.97. The van der Waals surface area contributed by atoms with Gasteiger partial charge in [-0.3, -0.25) is 4.90 Å². The molecule has 0 spiro atoms. The summed E-state index contributed by atoms with van der Waals surface area (Å²) in [6.45, 7) is 4.96. The molecule has 0 saturated carbocycles. The molecule has 4 nitrogen and oxygen atoms in total. The molecule has 3 N–H and O–H groups in total. The second kappa shape index (κ2) is 4.77. The van der Waals surface area contributed by atoms with Gasteiger partial charge in [-0.15, -0.1) is 0 Å². The highest BCUT2D eigenvalue weighted by Crippen LogP contribution is 2.05. The topological polar surface area (TPSA) is 58.7 Å². The highest BCUT2D eigenvalue weighted by molar-refractivity contribution is 4.73. The highest BCUT2D eigenvalue weighted by Gasteiger charge is 2.22. The van der Waals surface area contributed by atoms with Gasteiger partial charge in [0.2, 0.25) is 0 Å². The fourth-order valence-corrected chi connectivity index (χ4v) is 1.32. The molecular weight excluding hydrogens is 156 g/mol. The zero-order valence-electron chi connectivity index (χ0n) is 7.57. The molecule has 0 aromatic carbocycles. The lowest BCUT2D eigenvalue weighted by Gasteiger charge is -2.33. The third-order valence-corrected chi connectivity index (χ3v) is 2.27. The molecule has 1 aliphatic rings. The second-order valence-corrected chi connectivity index (χ2v) is 3.13. The molecular formula is C8H18N2O2. The molecule has 0 aliphatic carbocycles. The van der Waals surface area contributed by atoms with E-state index in [0.29, 0.717) is 13.2 Å². The van der Waals surface area contributed by atoms with Gasteiger partial charge in [-0.1, -0.05) is 6.92 Å². The van der Waals surface area contributed by atoms with E-state index in [2.05, 4.69) is 0 Å². The van der Waals surface area contributed by atoms with Crippen LogP contribution in [0.4, 0.5) is 0 Å². The molecule has 1 saturated heterocycles. The Bertz CT molecular complexity index is 126. The first kappa shape index (κ1) is 9.92. The minimum absolute atomic E-state index is 0.136. The first-order valence-electron chi connectivity index (χ1n) is 4.51. The van der Waals surface area contributed by atoms with E-state index in [1.54, 1.807) is 0 Å². The minimum Gasteiger partial charge on any atom is -0.379 e. The maximum absolute atomic E-state index is 9.69. The third-order valence-electron chi connectivity index (χ3n) is 2.27. The lowest BCUT2D eigenvalue weighted by Crippen LogP contribution is -2.51. The molecule has 72 valence electrons. The van der Waals surface area contributed by atoms with Crippen LogP contribution in [0.5, 0.6) is 0 Å². The largest absolute Gasteiger partial charge is 0.379 e. The zero-order chi connectivity index (χ0) is 8.97. The summed E-state index contributed by atoms with van der Waals surface area (Å²) in [5, 5.41) is 9.69. The molecule has 2 unspecified atom stereocenters. The van der Waals surface area contributed by atoms with Crippen molar-refractivity contribution in [3.63, 3.8) is 0 Å². The van der Waals surface area contributed by atoms with Crippen LogP contribution in [0.25, 0.3) is 0 Å². The van der Waals surface area contributed by atoms with Gasteiger partial charge in [0.15, 0.2) is 0 Å². The molecule has 1 fully saturated rings. The van der Waals surface area contributed by atoms with Crippen molar-refractivity contribution in [3.8, 4) is 0 Å². The zero-order valence-corrected chi connectivity index (χ0v) is 7.57. The standard InChI is InChI=1S/C8H18N2O2/c1-2-7(9)8(11)10-3-5-12-6-4-10/h7-8,11H,2-6,9H2,1H3. The van der Waals surface area contributed by atoms with Gasteiger partial charge in [0.25, 0.3) is 0 Å². The Labute approximate surface area is 73.3 Å². The highest BCUT2D eigenvalue weighted by atomic mass is 16.5. The Hall–Kier alpha value is -0.160. The summed E-state index contributed by atoms with van der Waals surface area (Å²) in [5.41, 5.74) is 5.71. The summed E-state index contributed by atoms with van der Waals surface area (Å²) in [7, 11) is 0. The number of ether oxygens (including phenoxy) is 1. The van der Waals surface area contributed by atoms with Crippen molar-refractivity contribution in [1.82, 2.24) is 4.90 Å². The SMILES string of the molecule is CCC(N)C(O)N1CCOCC1. The normalized spacial score (nSPS) is 25.2. The van der Waals surface area contributed by atoms with Crippen LogP contribution >= 0.6 is 0 Å². The van der Waals surface area contributed by atoms with Crippen molar-refractivity contribution >= 4 is 0 Å². The summed E-state index contributed by atoms with van der Waals surface area (Å²) in [6, 6.07) is -0.136. The Morgan fingerprint density at radius 1 is 1.50 bits per heavy atom. The van der Waals surface area contributed by atoms with Crippen LogP contribution in [0.3, 0.4) is 0 Å². The smallest absolute Gasteiger partial charge is 0.122 e. The Morgan fingerprint density at radius 3 is 2.58 bits per heavy atom. The first-order valence-corrected chi connectivity index (χ1v) is 4.51. The van der Waals surface area contributed by atoms with E-state index in [1.165, 1.54) is 0 Å². The van der Waals surface area contributed by atoms with Crippen LogP contribution in [0.1, 0.15) is 13.3 Å². The maximum Gasteiger partial charge on any atom is 0.122 e. The number of hydrogen-bond acceptors (Lipinski definition) is 4. The Morgan fingerprint density at radius 2 is 2.08 bits per heavy atom. The van der Waals surface area contributed by atoms with E-state index in [0.717, 1.165) is 19.5 Å². The number of aliphatic hydroxyl groups excluding tert-OH is 1. The van der Waals surface area contributed by atoms with Gasteiger partial charge in [0.05, 0.1) is 13.2 Å². The molecule has 1 heterocycles. The number of aliphatic hydroxyl groups is 1. The molecule has 0 aromatic heterocycles. The van der Waals surface area contributed by atoms with Crippen molar-refractivity contribution in [2.75, 3.05) is 26.3 Å². The molecule has 1 rings (SSSR count). The number of morpholine rings is 1. The van der Waals surface area contributed by atoms with Crippen LogP contribution in [0, 0.1) is 0 Å². The quantitative estimate of drug-likeness (QED) is 0.598. The third kappa shape index (κ3) is 2.42. The number of rotatable bonds is 3. The van der Waals surface area contributed by atoms with E-state index in [4.69, 9.17) is 10.5 Å². The molecule has 0 radical (unpaired) electrons. The average molecular weight is 174 g/mol. The van der Waals surface area contributed by atoms with Crippen LogP contribution in [-0.4, -0.2) is 48.6 Å².